The average molecular weight is 439 g/mol. The van der Waals surface area contributed by atoms with Crippen molar-refractivity contribution in [1.29, 1.82) is 5.26 Å². The van der Waals surface area contributed by atoms with E-state index in [-0.39, 0.29) is 17.9 Å². The Morgan fingerprint density at radius 3 is 2.89 bits per heavy atom. The molecule has 0 aliphatic rings. The van der Waals surface area contributed by atoms with E-state index in [1.165, 1.54) is 12.4 Å². The van der Waals surface area contributed by atoms with Crippen molar-refractivity contribution in [3.63, 3.8) is 0 Å². The molecule has 3 N–H and O–H groups in total. The number of halogens is 2. The number of imidazole rings is 1. The van der Waals surface area contributed by atoms with Gasteiger partial charge in [-0.15, -0.1) is 0 Å². The Balaban J connectivity index is 1.83. The molecule has 8 nitrogen and oxygen atoms in total. The maximum Gasteiger partial charge on any atom is 0.149 e. The van der Waals surface area contributed by atoms with Crippen molar-refractivity contribution in [3.8, 4) is 11.8 Å². The van der Waals surface area contributed by atoms with Gasteiger partial charge in [0.2, 0.25) is 0 Å². The molecule has 0 bridgehead atoms. The molecule has 0 atom stereocenters. The summed E-state index contributed by atoms with van der Waals surface area (Å²) >= 11 is 3.31. The normalized spacial score (nSPS) is 10.8. The van der Waals surface area contributed by atoms with Gasteiger partial charge < -0.3 is 11.1 Å². The molecule has 0 amide bonds. The summed E-state index contributed by atoms with van der Waals surface area (Å²) in [5.74, 6) is 0.568. The highest BCUT2D eigenvalue weighted by molar-refractivity contribution is 9.10. The fourth-order valence-corrected chi connectivity index (χ4v) is 3.35. The Kier molecular flexibility index (Phi) is 4.58. The summed E-state index contributed by atoms with van der Waals surface area (Å²) in [5.41, 5.74) is 7.78. The molecule has 0 spiro atoms. The quantitative estimate of drug-likeness (QED) is 0.501. The number of benzene rings is 1. The van der Waals surface area contributed by atoms with Crippen molar-refractivity contribution < 1.29 is 4.39 Å². The molecule has 4 aromatic rings. The van der Waals surface area contributed by atoms with Gasteiger partial charge in [-0.1, -0.05) is 0 Å². The standard InChI is InChI=1S/C18H12BrFN8/c19-15-12(20)3-4-13-16(15)28(10-2-1-5-23-7-10)14(27-13)8-24-18-11(6-21)17(22)25-9-26-18/h1-5,7,9H,8H2,(H3,22,24,25,26). The molecular weight excluding hydrogens is 427 g/mol. The van der Waals surface area contributed by atoms with E-state index in [4.69, 9.17) is 5.73 Å². The fourth-order valence-electron chi connectivity index (χ4n) is 2.84. The molecule has 1 aromatic carbocycles. The van der Waals surface area contributed by atoms with Crippen LogP contribution in [0.25, 0.3) is 16.7 Å². The predicted octanol–water partition coefficient (Wildman–Crippen LogP) is 3.18. The number of nitrogens with zero attached hydrogens (tertiary/aromatic N) is 6. The van der Waals surface area contributed by atoms with E-state index in [1.54, 1.807) is 29.1 Å². The Labute approximate surface area is 167 Å². The van der Waals surface area contributed by atoms with Crippen molar-refractivity contribution in [1.82, 2.24) is 24.5 Å². The van der Waals surface area contributed by atoms with Crippen LogP contribution in [-0.2, 0) is 6.54 Å². The topological polar surface area (TPSA) is 118 Å². The molecular formula is C18H12BrFN8. The number of nitrogen functional groups attached to an aromatic ring is 1. The minimum absolute atomic E-state index is 0.0885. The second-order valence-corrected chi connectivity index (χ2v) is 6.54. The number of nitriles is 1. The first-order valence-electron chi connectivity index (χ1n) is 8.10. The molecule has 0 radical (unpaired) electrons. The molecule has 0 aliphatic carbocycles. The molecule has 3 heterocycles. The number of anilines is 2. The lowest BCUT2D eigenvalue weighted by Gasteiger charge is -2.11. The van der Waals surface area contributed by atoms with E-state index in [1.807, 2.05) is 12.1 Å². The van der Waals surface area contributed by atoms with Gasteiger partial charge in [-0.2, -0.15) is 5.26 Å². The van der Waals surface area contributed by atoms with Crippen LogP contribution in [0.4, 0.5) is 16.0 Å². The maximum atomic E-state index is 14.2. The Hall–Kier alpha value is -3.58. The number of nitrogens with one attached hydrogen (secondary N) is 1. The SMILES string of the molecule is N#Cc1c(N)ncnc1NCc1nc2ccc(F)c(Br)c2n1-c1cccnc1. The molecule has 0 saturated heterocycles. The van der Waals surface area contributed by atoms with Crippen molar-refractivity contribution in [3.05, 3.63) is 64.7 Å². The van der Waals surface area contributed by atoms with Crippen molar-refractivity contribution in [2.45, 2.75) is 6.54 Å². The molecule has 0 saturated carbocycles. The zero-order valence-electron chi connectivity index (χ0n) is 14.3. The number of hydrogen-bond acceptors (Lipinski definition) is 7. The lowest BCUT2D eigenvalue weighted by molar-refractivity contribution is 0.622. The van der Waals surface area contributed by atoms with Crippen LogP contribution in [0, 0.1) is 17.1 Å². The summed E-state index contributed by atoms with van der Waals surface area (Å²) in [6.07, 6.45) is 4.58. The number of rotatable bonds is 4. The van der Waals surface area contributed by atoms with Gasteiger partial charge in [-0.3, -0.25) is 9.55 Å². The van der Waals surface area contributed by atoms with Crippen LogP contribution in [0.3, 0.4) is 0 Å². The number of pyridine rings is 1. The third-order valence-corrected chi connectivity index (χ3v) is 4.84. The van der Waals surface area contributed by atoms with Crippen molar-refractivity contribution >= 4 is 38.6 Å². The highest BCUT2D eigenvalue weighted by atomic mass is 79.9. The first-order valence-corrected chi connectivity index (χ1v) is 8.89. The molecule has 0 aliphatic heterocycles. The van der Waals surface area contributed by atoms with Crippen LogP contribution in [-0.4, -0.2) is 24.5 Å². The average Bonchev–Trinajstić information content (AvgIpc) is 3.09. The maximum absolute atomic E-state index is 14.2. The van der Waals surface area contributed by atoms with E-state index in [0.29, 0.717) is 27.1 Å². The number of fused-ring (bicyclic) bond motifs is 1. The molecule has 138 valence electrons. The van der Waals surface area contributed by atoms with Crippen LogP contribution in [0.2, 0.25) is 0 Å². The summed E-state index contributed by atoms with van der Waals surface area (Å²) in [7, 11) is 0. The van der Waals surface area contributed by atoms with Gasteiger partial charge in [0.15, 0.2) is 0 Å². The predicted molar refractivity (Wildman–Crippen MR) is 105 cm³/mol. The molecule has 28 heavy (non-hydrogen) atoms. The lowest BCUT2D eigenvalue weighted by Crippen LogP contribution is -2.11. The van der Waals surface area contributed by atoms with Crippen molar-refractivity contribution in [2.24, 2.45) is 0 Å². The second kappa shape index (κ2) is 7.21. The van der Waals surface area contributed by atoms with E-state index in [9.17, 15) is 9.65 Å². The summed E-state index contributed by atoms with van der Waals surface area (Å²) in [4.78, 5) is 16.6. The van der Waals surface area contributed by atoms with Crippen LogP contribution in [0.5, 0.6) is 0 Å². The Morgan fingerprint density at radius 1 is 1.29 bits per heavy atom. The Bertz CT molecular complexity index is 1220. The van der Waals surface area contributed by atoms with Gasteiger partial charge in [-0.25, -0.2) is 19.3 Å². The first kappa shape index (κ1) is 17.8. The summed E-state index contributed by atoms with van der Waals surface area (Å²) in [6.45, 7) is 0.211. The van der Waals surface area contributed by atoms with Crippen LogP contribution in [0.1, 0.15) is 11.4 Å². The highest BCUT2D eigenvalue weighted by Crippen LogP contribution is 2.30. The molecule has 10 heteroatoms. The van der Waals surface area contributed by atoms with Crippen LogP contribution < -0.4 is 11.1 Å². The molecule has 4 rings (SSSR count). The van der Waals surface area contributed by atoms with Gasteiger partial charge >= 0.3 is 0 Å². The third-order valence-electron chi connectivity index (χ3n) is 4.09. The van der Waals surface area contributed by atoms with Gasteiger partial charge in [0.25, 0.3) is 0 Å². The summed E-state index contributed by atoms with van der Waals surface area (Å²) in [6, 6.07) is 8.57. The summed E-state index contributed by atoms with van der Waals surface area (Å²) < 4.78 is 16.3. The molecule has 3 aromatic heterocycles. The zero-order chi connectivity index (χ0) is 19.7. The van der Waals surface area contributed by atoms with Crippen LogP contribution in [0.15, 0.2) is 47.5 Å². The largest absolute Gasteiger partial charge is 0.382 e. The number of aromatic nitrogens is 5. The van der Waals surface area contributed by atoms with Crippen molar-refractivity contribution in [2.75, 3.05) is 11.1 Å². The van der Waals surface area contributed by atoms with Crippen LogP contribution >= 0.6 is 15.9 Å². The third kappa shape index (κ3) is 3.01. The number of nitrogens with two attached hydrogens (primary N) is 1. The zero-order valence-corrected chi connectivity index (χ0v) is 15.9. The minimum atomic E-state index is -0.396. The minimum Gasteiger partial charge on any atom is -0.382 e. The van der Waals surface area contributed by atoms with Gasteiger partial charge in [-0.05, 0) is 40.2 Å². The monoisotopic (exact) mass is 438 g/mol. The van der Waals surface area contributed by atoms with E-state index < -0.39 is 5.82 Å². The second-order valence-electron chi connectivity index (χ2n) is 5.75. The first-order chi connectivity index (χ1) is 13.6. The highest BCUT2D eigenvalue weighted by Gasteiger charge is 2.18. The fraction of sp³-hybridized carbons (Fsp3) is 0.0556. The van der Waals surface area contributed by atoms with E-state index in [2.05, 4.69) is 41.2 Å². The van der Waals surface area contributed by atoms with E-state index >= 15 is 0 Å². The molecule has 0 unspecified atom stereocenters. The summed E-state index contributed by atoms with van der Waals surface area (Å²) in [5, 5.41) is 12.3. The lowest BCUT2D eigenvalue weighted by atomic mass is 10.3. The van der Waals surface area contributed by atoms with Gasteiger partial charge in [0.05, 0.1) is 33.9 Å². The molecule has 0 fully saturated rings. The van der Waals surface area contributed by atoms with Gasteiger partial charge in [0.1, 0.15) is 41.2 Å². The number of hydrogen-bond donors (Lipinski definition) is 2. The smallest absolute Gasteiger partial charge is 0.149 e. The van der Waals surface area contributed by atoms with Gasteiger partial charge in [0, 0.05) is 6.20 Å². The Morgan fingerprint density at radius 2 is 2.14 bits per heavy atom. The van der Waals surface area contributed by atoms with E-state index in [0.717, 1.165) is 5.69 Å².